The molecule has 0 fully saturated rings. The first kappa shape index (κ1) is 17.7. The molecule has 2 heterocycles. The van der Waals surface area contributed by atoms with Crippen molar-refractivity contribution < 1.29 is 18.0 Å². The van der Waals surface area contributed by atoms with Crippen LogP contribution in [0.4, 0.5) is 18.3 Å². The molecule has 27 heavy (non-hydrogen) atoms. The summed E-state index contributed by atoms with van der Waals surface area (Å²) < 4.78 is 41.3. The Balaban J connectivity index is 1.64. The first-order chi connectivity index (χ1) is 12.9. The van der Waals surface area contributed by atoms with E-state index in [4.69, 9.17) is 0 Å². The highest BCUT2D eigenvalue weighted by Gasteiger charge is 2.39. The van der Waals surface area contributed by atoms with Gasteiger partial charge in [-0.2, -0.15) is 18.3 Å². The maximum absolute atomic E-state index is 13.3. The monoisotopic (exact) mass is 392 g/mol. The number of anilines is 1. The topological polar surface area (TPSA) is 59.8 Å². The van der Waals surface area contributed by atoms with Crippen LogP contribution in [-0.2, 0) is 19.0 Å². The summed E-state index contributed by atoms with van der Waals surface area (Å²) in [6.07, 6.45) is -0.367. The molecule has 5 nitrogen and oxygen atoms in total. The number of nitrogens with one attached hydrogen (secondary N) is 1. The molecule has 0 saturated heterocycles. The Morgan fingerprint density at radius 2 is 1.89 bits per heavy atom. The van der Waals surface area contributed by atoms with Gasteiger partial charge in [0.05, 0.1) is 5.69 Å². The minimum Gasteiger partial charge on any atom is -0.298 e. The van der Waals surface area contributed by atoms with E-state index in [9.17, 15) is 18.0 Å². The molecule has 1 N–H and O–H groups in total. The number of thiazole rings is 1. The lowest BCUT2D eigenvalue weighted by Crippen LogP contribution is -2.12. The number of aromatic nitrogens is 3. The van der Waals surface area contributed by atoms with Crippen molar-refractivity contribution in [1.29, 1.82) is 0 Å². The van der Waals surface area contributed by atoms with Crippen LogP contribution in [0.1, 0.15) is 40.2 Å². The van der Waals surface area contributed by atoms with Crippen molar-refractivity contribution in [3.8, 4) is 5.69 Å². The zero-order valence-electron chi connectivity index (χ0n) is 14.1. The molecule has 0 bridgehead atoms. The molecular weight excluding hydrogens is 377 g/mol. The van der Waals surface area contributed by atoms with Crippen LogP contribution in [0.2, 0.25) is 0 Å². The van der Waals surface area contributed by atoms with Gasteiger partial charge in [0.2, 0.25) is 0 Å². The number of benzene rings is 1. The minimum absolute atomic E-state index is 0.291. The number of carbonyl (C=O) groups is 1. The molecule has 1 aliphatic rings. The smallest absolute Gasteiger partial charge is 0.298 e. The summed E-state index contributed by atoms with van der Waals surface area (Å²) in [4.78, 5) is 16.2. The van der Waals surface area contributed by atoms with Crippen molar-refractivity contribution in [2.75, 3.05) is 5.32 Å². The number of amides is 1. The van der Waals surface area contributed by atoms with E-state index < -0.39 is 11.9 Å². The third-order valence-electron chi connectivity index (χ3n) is 4.48. The van der Waals surface area contributed by atoms with Crippen molar-refractivity contribution in [2.24, 2.45) is 0 Å². The maximum atomic E-state index is 13.3. The molecule has 4 rings (SSSR count). The van der Waals surface area contributed by atoms with Gasteiger partial charge >= 0.3 is 6.18 Å². The van der Waals surface area contributed by atoms with E-state index in [2.05, 4.69) is 15.4 Å². The molecule has 0 unspecified atom stereocenters. The Bertz CT molecular complexity index is 962. The number of halogens is 3. The predicted molar refractivity (Wildman–Crippen MR) is 95.3 cm³/mol. The van der Waals surface area contributed by atoms with Crippen LogP contribution in [0.5, 0.6) is 0 Å². The molecule has 1 amide bonds. The molecule has 0 atom stereocenters. The number of rotatable bonds is 3. The summed E-state index contributed by atoms with van der Waals surface area (Å²) in [5.74, 6) is -0.324. The van der Waals surface area contributed by atoms with Crippen molar-refractivity contribution in [1.82, 2.24) is 14.8 Å². The third-order valence-corrected chi connectivity index (χ3v) is 5.16. The van der Waals surface area contributed by atoms with E-state index in [1.807, 2.05) is 0 Å². The Labute approximate surface area is 156 Å². The average Bonchev–Trinajstić information content (AvgIpc) is 3.29. The lowest BCUT2D eigenvalue weighted by molar-refractivity contribution is -0.142. The van der Waals surface area contributed by atoms with E-state index in [0.717, 1.165) is 12.8 Å². The molecule has 0 saturated carbocycles. The highest BCUT2D eigenvalue weighted by molar-refractivity contribution is 7.13. The molecule has 2 aromatic heterocycles. The Hall–Kier alpha value is -2.68. The van der Waals surface area contributed by atoms with Gasteiger partial charge in [-0.1, -0.05) is 0 Å². The molecular formula is C18H15F3N4OS. The quantitative estimate of drug-likeness (QED) is 0.715. The number of fused-ring (bicyclic) bond motifs is 1. The number of hydrogen-bond donors (Lipinski definition) is 1. The summed E-state index contributed by atoms with van der Waals surface area (Å²) in [6, 6.07) is 6.36. The van der Waals surface area contributed by atoms with Gasteiger partial charge in [0.15, 0.2) is 10.8 Å². The van der Waals surface area contributed by atoms with Gasteiger partial charge in [0, 0.05) is 28.4 Å². The maximum Gasteiger partial charge on any atom is 0.435 e. The van der Waals surface area contributed by atoms with Crippen molar-refractivity contribution in [3.63, 3.8) is 0 Å². The lowest BCUT2D eigenvalue weighted by Gasteiger charge is -2.14. The normalized spacial score (nSPS) is 14.0. The van der Waals surface area contributed by atoms with Crippen LogP contribution < -0.4 is 5.32 Å². The van der Waals surface area contributed by atoms with Crippen LogP contribution in [0.3, 0.4) is 0 Å². The molecule has 1 aliphatic carbocycles. The van der Waals surface area contributed by atoms with Gasteiger partial charge in [0.25, 0.3) is 5.91 Å². The van der Waals surface area contributed by atoms with Crippen LogP contribution in [0, 0.1) is 0 Å². The van der Waals surface area contributed by atoms with Crippen molar-refractivity contribution >= 4 is 22.4 Å². The zero-order valence-corrected chi connectivity index (χ0v) is 14.9. The number of carbonyl (C=O) groups excluding carboxylic acids is 1. The van der Waals surface area contributed by atoms with Gasteiger partial charge in [-0.3, -0.25) is 10.1 Å². The average molecular weight is 392 g/mol. The van der Waals surface area contributed by atoms with E-state index in [1.54, 1.807) is 35.8 Å². The molecule has 0 radical (unpaired) electrons. The Morgan fingerprint density at radius 1 is 1.15 bits per heavy atom. The molecule has 3 aromatic rings. The summed E-state index contributed by atoms with van der Waals surface area (Å²) >= 11 is 1.30. The van der Waals surface area contributed by atoms with Gasteiger partial charge < -0.3 is 0 Å². The summed E-state index contributed by atoms with van der Waals surface area (Å²) in [6.45, 7) is 0. The van der Waals surface area contributed by atoms with Crippen LogP contribution in [-0.4, -0.2) is 20.7 Å². The van der Waals surface area contributed by atoms with Gasteiger partial charge in [-0.15, -0.1) is 11.3 Å². The van der Waals surface area contributed by atoms with Gasteiger partial charge in [-0.05, 0) is 49.9 Å². The summed E-state index contributed by atoms with van der Waals surface area (Å²) in [7, 11) is 0. The zero-order chi connectivity index (χ0) is 19.0. The fourth-order valence-corrected chi connectivity index (χ4v) is 3.77. The van der Waals surface area contributed by atoms with Crippen LogP contribution in [0.15, 0.2) is 35.8 Å². The molecule has 0 spiro atoms. The SMILES string of the molecule is O=C(Nc1nccs1)c1ccc(-n2nc(C(F)(F)F)c3c2CCCC3)cc1. The van der Waals surface area contributed by atoms with Crippen LogP contribution in [0.25, 0.3) is 5.69 Å². The fraction of sp³-hybridized carbons (Fsp3) is 0.278. The van der Waals surface area contributed by atoms with Gasteiger partial charge in [-0.25, -0.2) is 9.67 Å². The van der Waals surface area contributed by atoms with Gasteiger partial charge in [0.1, 0.15) is 0 Å². The third kappa shape index (κ3) is 3.46. The molecule has 0 aliphatic heterocycles. The largest absolute Gasteiger partial charge is 0.435 e. The molecule has 9 heteroatoms. The number of nitrogens with zero attached hydrogens (tertiary/aromatic N) is 3. The second-order valence-corrected chi connectivity index (χ2v) is 7.12. The minimum atomic E-state index is -4.47. The second-order valence-electron chi connectivity index (χ2n) is 6.23. The van der Waals surface area contributed by atoms with E-state index in [-0.39, 0.29) is 5.91 Å². The highest BCUT2D eigenvalue weighted by atomic mass is 32.1. The number of hydrogen-bond acceptors (Lipinski definition) is 4. The second kappa shape index (κ2) is 6.80. The first-order valence-electron chi connectivity index (χ1n) is 8.43. The molecule has 140 valence electrons. The van der Waals surface area contributed by atoms with E-state index >= 15 is 0 Å². The highest BCUT2D eigenvalue weighted by Crippen LogP contribution is 2.36. The summed E-state index contributed by atoms with van der Waals surface area (Å²) in [5, 5.41) is 8.75. The first-order valence-corrected chi connectivity index (χ1v) is 9.30. The van der Waals surface area contributed by atoms with E-state index in [0.29, 0.717) is 40.5 Å². The van der Waals surface area contributed by atoms with Crippen LogP contribution >= 0.6 is 11.3 Å². The standard InChI is InChI=1S/C18H15F3N4OS/c19-18(20,21)15-13-3-1-2-4-14(13)25(24-15)12-7-5-11(6-8-12)16(26)23-17-22-9-10-27-17/h5-10H,1-4H2,(H,22,23,26). The van der Waals surface area contributed by atoms with Crippen molar-refractivity contribution in [3.05, 3.63) is 58.4 Å². The lowest BCUT2D eigenvalue weighted by atomic mass is 9.95. The molecule has 1 aromatic carbocycles. The Kier molecular flexibility index (Phi) is 4.47. The predicted octanol–water partition coefficient (Wildman–Crippen LogP) is 4.48. The summed E-state index contributed by atoms with van der Waals surface area (Å²) in [5.41, 5.74) is 0.996. The Morgan fingerprint density at radius 3 is 2.56 bits per heavy atom. The number of alkyl halides is 3. The van der Waals surface area contributed by atoms with E-state index in [1.165, 1.54) is 16.0 Å². The van der Waals surface area contributed by atoms with Crippen molar-refractivity contribution in [2.45, 2.75) is 31.9 Å². The fourth-order valence-electron chi connectivity index (χ4n) is 3.25.